The van der Waals surface area contributed by atoms with Crippen LogP contribution in [-0.2, 0) is 4.79 Å². The van der Waals surface area contributed by atoms with Crippen LogP contribution in [0.2, 0.25) is 0 Å². The highest BCUT2D eigenvalue weighted by molar-refractivity contribution is 5.82. The van der Waals surface area contributed by atoms with Crippen molar-refractivity contribution in [2.45, 2.75) is 54.0 Å². The fraction of sp³-hybridized carbons (Fsp3) is 0.857. The van der Waals surface area contributed by atoms with Crippen LogP contribution in [0.15, 0.2) is 0 Å². The number of urea groups is 1. The summed E-state index contributed by atoms with van der Waals surface area (Å²) in [7, 11) is 0. The Hall–Kier alpha value is -1.26. The van der Waals surface area contributed by atoms with E-state index in [1.54, 1.807) is 0 Å². The lowest BCUT2D eigenvalue weighted by Crippen LogP contribution is -2.49. The first-order valence-corrected chi connectivity index (χ1v) is 6.83. The molecule has 5 heteroatoms. The summed E-state index contributed by atoms with van der Waals surface area (Å²) >= 11 is 0. The number of nitrogens with one attached hydrogen (secondary N) is 2. The molecule has 0 saturated carbocycles. The van der Waals surface area contributed by atoms with E-state index in [1.807, 2.05) is 13.8 Å². The van der Waals surface area contributed by atoms with Gasteiger partial charge in [0.1, 0.15) is 6.04 Å². The first-order valence-electron chi connectivity index (χ1n) is 6.83. The highest BCUT2D eigenvalue weighted by atomic mass is 16.4. The highest BCUT2D eigenvalue weighted by Gasteiger charge is 2.25. The Bertz CT molecular complexity index is 312. The van der Waals surface area contributed by atoms with Crippen molar-refractivity contribution < 1.29 is 14.7 Å². The summed E-state index contributed by atoms with van der Waals surface area (Å²) in [6.45, 7) is 12.7. The van der Waals surface area contributed by atoms with Gasteiger partial charge in [0.15, 0.2) is 0 Å². The number of carboxylic acid groups (broad SMARTS) is 1. The molecule has 19 heavy (non-hydrogen) atoms. The van der Waals surface area contributed by atoms with E-state index < -0.39 is 18.0 Å². The lowest BCUT2D eigenvalue weighted by molar-refractivity contribution is -0.139. The number of carbonyl (C=O) groups is 2. The monoisotopic (exact) mass is 272 g/mol. The van der Waals surface area contributed by atoms with E-state index in [4.69, 9.17) is 5.11 Å². The van der Waals surface area contributed by atoms with E-state index in [0.29, 0.717) is 18.9 Å². The van der Waals surface area contributed by atoms with Crippen molar-refractivity contribution in [3.63, 3.8) is 0 Å². The molecule has 0 aromatic rings. The third kappa shape index (κ3) is 7.03. The van der Waals surface area contributed by atoms with E-state index in [1.165, 1.54) is 0 Å². The van der Waals surface area contributed by atoms with Gasteiger partial charge in [0.05, 0.1) is 0 Å². The Morgan fingerprint density at radius 1 is 1.16 bits per heavy atom. The smallest absolute Gasteiger partial charge is 0.326 e. The molecule has 2 amide bonds. The van der Waals surface area contributed by atoms with Gasteiger partial charge in [-0.1, -0.05) is 41.5 Å². The van der Waals surface area contributed by atoms with Crippen molar-refractivity contribution in [3.05, 3.63) is 0 Å². The van der Waals surface area contributed by atoms with Gasteiger partial charge in [-0.15, -0.1) is 0 Å². The Kier molecular flexibility index (Phi) is 6.87. The van der Waals surface area contributed by atoms with Crippen LogP contribution in [0.3, 0.4) is 0 Å². The molecule has 0 saturated heterocycles. The summed E-state index contributed by atoms with van der Waals surface area (Å²) in [6.07, 6.45) is 0.427. The third-order valence-electron chi connectivity index (χ3n) is 3.58. The zero-order valence-electron chi connectivity index (χ0n) is 12.9. The molecule has 1 atom stereocenters. The van der Waals surface area contributed by atoms with Gasteiger partial charge < -0.3 is 15.7 Å². The molecule has 0 aliphatic rings. The molecule has 0 bridgehead atoms. The van der Waals surface area contributed by atoms with Gasteiger partial charge in [-0.25, -0.2) is 9.59 Å². The Balaban J connectivity index is 4.32. The highest BCUT2D eigenvalue weighted by Crippen LogP contribution is 2.24. The van der Waals surface area contributed by atoms with Crippen LogP contribution in [0.1, 0.15) is 48.0 Å². The zero-order chi connectivity index (χ0) is 15.2. The molecular formula is C14H28N2O3. The maximum absolute atomic E-state index is 11.7. The van der Waals surface area contributed by atoms with Gasteiger partial charge in [0.2, 0.25) is 0 Å². The van der Waals surface area contributed by atoms with Crippen molar-refractivity contribution in [3.8, 4) is 0 Å². The molecule has 0 unspecified atom stereocenters. The van der Waals surface area contributed by atoms with E-state index in [9.17, 15) is 9.59 Å². The average Bonchev–Trinajstić information content (AvgIpc) is 2.24. The van der Waals surface area contributed by atoms with Gasteiger partial charge in [-0.05, 0) is 23.7 Å². The van der Waals surface area contributed by atoms with E-state index >= 15 is 0 Å². The number of carboxylic acids is 1. The molecule has 3 N–H and O–H groups in total. The molecular weight excluding hydrogens is 244 g/mol. The number of hydrogen-bond acceptors (Lipinski definition) is 2. The molecule has 0 aromatic carbocycles. The minimum atomic E-state index is -0.994. The second-order valence-electron chi connectivity index (χ2n) is 6.49. The maximum Gasteiger partial charge on any atom is 0.326 e. The Morgan fingerprint density at radius 3 is 2.05 bits per heavy atom. The van der Waals surface area contributed by atoms with E-state index in [0.717, 1.165) is 0 Å². The van der Waals surface area contributed by atoms with Gasteiger partial charge in [0, 0.05) is 6.54 Å². The summed E-state index contributed by atoms with van der Waals surface area (Å²) < 4.78 is 0. The SMILES string of the molecule is CC(C)C[C@@H](NC(=O)NCC(C)(C)C(C)C)C(=O)O. The largest absolute Gasteiger partial charge is 0.480 e. The van der Waals surface area contributed by atoms with Crippen molar-refractivity contribution in [1.29, 1.82) is 0 Å². The summed E-state index contributed by atoms with van der Waals surface area (Å²) in [4.78, 5) is 22.8. The standard InChI is InChI=1S/C14H28N2O3/c1-9(2)7-11(12(17)18)16-13(19)15-8-14(5,6)10(3)4/h9-11H,7-8H2,1-6H3,(H,17,18)(H2,15,16,19)/t11-/m1/s1. The Labute approximate surface area is 116 Å². The summed E-state index contributed by atoms with van der Waals surface area (Å²) in [5, 5.41) is 14.3. The van der Waals surface area contributed by atoms with Gasteiger partial charge in [0.25, 0.3) is 0 Å². The van der Waals surface area contributed by atoms with E-state index in [2.05, 4.69) is 38.3 Å². The van der Waals surface area contributed by atoms with Crippen molar-refractivity contribution in [2.24, 2.45) is 17.3 Å². The quantitative estimate of drug-likeness (QED) is 0.666. The maximum atomic E-state index is 11.7. The molecule has 5 nitrogen and oxygen atoms in total. The first kappa shape index (κ1) is 17.7. The minimum absolute atomic E-state index is 0.0197. The van der Waals surface area contributed by atoms with Crippen molar-refractivity contribution in [1.82, 2.24) is 10.6 Å². The van der Waals surface area contributed by atoms with Crippen molar-refractivity contribution >= 4 is 12.0 Å². The number of aliphatic carboxylic acids is 1. The molecule has 0 aliphatic carbocycles. The Morgan fingerprint density at radius 2 is 1.68 bits per heavy atom. The predicted molar refractivity (Wildman–Crippen MR) is 76.0 cm³/mol. The fourth-order valence-electron chi connectivity index (χ4n) is 1.41. The molecule has 0 heterocycles. The predicted octanol–water partition coefficient (Wildman–Crippen LogP) is 2.47. The van der Waals surface area contributed by atoms with E-state index in [-0.39, 0.29) is 11.3 Å². The lowest BCUT2D eigenvalue weighted by atomic mass is 9.81. The number of amides is 2. The summed E-state index contributed by atoms with van der Waals surface area (Å²) in [6, 6.07) is -1.25. The van der Waals surface area contributed by atoms with Crippen molar-refractivity contribution in [2.75, 3.05) is 6.54 Å². The van der Waals surface area contributed by atoms with Crippen LogP contribution in [0.4, 0.5) is 4.79 Å². The molecule has 0 aliphatic heterocycles. The van der Waals surface area contributed by atoms with Gasteiger partial charge in [-0.3, -0.25) is 0 Å². The second-order valence-corrected chi connectivity index (χ2v) is 6.49. The molecule has 112 valence electrons. The topological polar surface area (TPSA) is 78.4 Å². The van der Waals surface area contributed by atoms with Gasteiger partial charge >= 0.3 is 12.0 Å². The molecule has 0 aromatic heterocycles. The number of hydrogen-bond donors (Lipinski definition) is 3. The molecule has 0 rings (SSSR count). The molecule has 0 radical (unpaired) electrons. The summed E-state index contributed by atoms with van der Waals surface area (Å²) in [5.41, 5.74) is -0.0197. The molecule has 0 spiro atoms. The first-order chi connectivity index (χ1) is 8.56. The van der Waals surface area contributed by atoms with Crippen LogP contribution < -0.4 is 10.6 Å². The molecule has 0 fully saturated rings. The van der Waals surface area contributed by atoms with Crippen LogP contribution in [0, 0.1) is 17.3 Å². The summed E-state index contributed by atoms with van der Waals surface area (Å²) in [5.74, 6) is -0.348. The second kappa shape index (κ2) is 7.36. The van der Waals surface area contributed by atoms with Crippen LogP contribution in [0.25, 0.3) is 0 Å². The number of rotatable bonds is 7. The number of carbonyl (C=O) groups excluding carboxylic acids is 1. The van der Waals surface area contributed by atoms with Crippen LogP contribution in [-0.4, -0.2) is 29.7 Å². The normalized spacial score (nSPS) is 13.5. The van der Waals surface area contributed by atoms with Gasteiger partial charge in [-0.2, -0.15) is 0 Å². The zero-order valence-corrected chi connectivity index (χ0v) is 12.9. The van der Waals surface area contributed by atoms with Crippen LogP contribution >= 0.6 is 0 Å². The fourth-order valence-corrected chi connectivity index (χ4v) is 1.41. The minimum Gasteiger partial charge on any atom is -0.480 e. The lowest BCUT2D eigenvalue weighted by Gasteiger charge is -2.29. The van der Waals surface area contributed by atoms with Crippen LogP contribution in [0.5, 0.6) is 0 Å². The average molecular weight is 272 g/mol. The third-order valence-corrected chi connectivity index (χ3v) is 3.58.